The van der Waals surface area contributed by atoms with Crippen LogP contribution in [0.3, 0.4) is 0 Å². The second-order valence-electron chi connectivity index (χ2n) is 8.30. The maximum absolute atomic E-state index is 15.1. The Balaban J connectivity index is 1.58. The van der Waals surface area contributed by atoms with Gasteiger partial charge in [-0.3, -0.25) is 0 Å². The molecule has 4 aromatic rings. The van der Waals surface area contributed by atoms with Gasteiger partial charge in [-0.1, -0.05) is 54.6 Å². The molecule has 0 aliphatic carbocycles. The first-order valence-corrected chi connectivity index (χ1v) is 10.6. The third-order valence-corrected chi connectivity index (χ3v) is 6.29. The van der Waals surface area contributed by atoms with E-state index in [0.29, 0.717) is 5.56 Å². The van der Waals surface area contributed by atoms with Crippen molar-refractivity contribution >= 4 is 16.8 Å². The van der Waals surface area contributed by atoms with E-state index in [9.17, 15) is 0 Å². The van der Waals surface area contributed by atoms with Crippen molar-refractivity contribution in [3.05, 3.63) is 113 Å². The molecule has 6 rings (SSSR count). The van der Waals surface area contributed by atoms with Gasteiger partial charge in [0.15, 0.2) is 5.60 Å². The molecule has 2 aliphatic rings. The lowest BCUT2D eigenvalue weighted by Crippen LogP contribution is -2.35. The van der Waals surface area contributed by atoms with Gasteiger partial charge < -0.3 is 9.47 Å². The Kier molecular flexibility index (Phi) is 3.94. The van der Waals surface area contributed by atoms with Crippen LogP contribution in [0.5, 0.6) is 11.5 Å². The van der Waals surface area contributed by atoms with Crippen molar-refractivity contribution in [2.24, 2.45) is 0 Å². The molecule has 0 fully saturated rings. The van der Waals surface area contributed by atoms with Crippen molar-refractivity contribution in [1.82, 2.24) is 0 Å². The van der Waals surface area contributed by atoms with E-state index in [0.717, 1.165) is 45.4 Å². The lowest BCUT2D eigenvalue weighted by atomic mass is 9.82. The van der Waals surface area contributed by atoms with Crippen molar-refractivity contribution in [3.63, 3.8) is 0 Å². The summed E-state index contributed by atoms with van der Waals surface area (Å²) in [5.41, 5.74) is 2.48. The Labute approximate surface area is 180 Å². The third kappa shape index (κ3) is 2.77. The normalized spacial score (nSPS) is 21.3. The van der Waals surface area contributed by atoms with Crippen LogP contribution in [0.4, 0.5) is 4.39 Å². The Morgan fingerprint density at radius 1 is 0.903 bits per heavy atom. The minimum atomic E-state index is -1.05. The van der Waals surface area contributed by atoms with Crippen LogP contribution in [0.25, 0.3) is 16.8 Å². The Bertz CT molecular complexity index is 1360. The summed E-state index contributed by atoms with van der Waals surface area (Å²) in [6, 6.07) is 25.2. The minimum Gasteiger partial charge on any atom is -0.490 e. The Morgan fingerprint density at radius 3 is 2.61 bits per heavy atom. The smallest absolute Gasteiger partial charge is 0.180 e. The van der Waals surface area contributed by atoms with E-state index in [1.807, 2.05) is 42.5 Å². The van der Waals surface area contributed by atoms with Gasteiger partial charge in [-0.15, -0.1) is 0 Å². The van der Waals surface area contributed by atoms with Crippen LogP contribution in [-0.4, -0.2) is 6.10 Å². The molecule has 2 heterocycles. The van der Waals surface area contributed by atoms with Crippen molar-refractivity contribution in [1.29, 1.82) is 0 Å². The average Bonchev–Trinajstić information content (AvgIpc) is 3.18. The zero-order valence-electron chi connectivity index (χ0n) is 17.1. The van der Waals surface area contributed by atoms with E-state index in [4.69, 9.17) is 9.47 Å². The maximum atomic E-state index is 15.1. The molecule has 3 heteroatoms. The molecule has 0 radical (unpaired) electrons. The molecule has 0 saturated carbocycles. The Hall–Kier alpha value is -3.59. The molecule has 31 heavy (non-hydrogen) atoms. The molecule has 0 bridgehead atoms. The fourth-order valence-electron chi connectivity index (χ4n) is 4.82. The summed E-state index contributed by atoms with van der Waals surface area (Å²) in [6.07, 6.45) is 5.03. The zero-order valence-corrected chi connectivity index (χ0v) is 17.1. The zero-order chi connectivity index (χ0) is 21.0. The number of hydrogen-bond acceptors (Lipinski definition) is 2. The number of fused-ring (bicyclic) bond motifs is 4. The standard InChI is InChI=1S/C28H21FO2/c1-18-16-20-17-21(11-13-26(20)30-18)28(24-8-4-5-9-25(24)29)15-14-23-22-7-3-2-6-19(22)10-12-27(23)31-28/h2-15,17-18H,16H2,1H3. The van der Waals surface area contributed by atoms with Crippen molar-refractivity contribution in [2.75, 3.05) is 0 Å². The quantitative estimate of drug-likeness (QED) is 0.370. The summed E-state index contributed by atoms with van der Waals surface area (Å²) in [4.78, 5) is 0. The van der Waals surface area contributed by atoms with Gasteiger partial charge in [-0.05, 0) is 59.7 Å². The van der Waals surface area contributed by atoms with Crippen LogP contribution in [0, 0.1) is 5.82 Å². The van der Waals surface area contributed by atoms with Crippen LogP contribution >= 0.6 is 0 Å². The average molecular weight is 408 g/mol. The molecule has 2 nitrogen and oxygen atoms in total. The van der Waals surface area contributed by atoms with Crippen LogP contribution in [0.1, 0.15) is 29.2 Å². The van der Waals surface area contributed by atoms with Gasteiger partial charge in [0, 0.05) is 23.1 Å². The highest BCUT2D eigenvalue weighted by molar-refractivity contribution is 5.94. The Morgan fingerprint density at radius 2 is 1.71 bits per heavy atom. The number of hydrogen-bond donors (Lipinski definition) is 0. The largest absolute Gasteiger partial charge is 0.490 e. The number of halogens is 1. The number of benzene rings is 4. The van der Waals surface area contributed by atoms with Crippen molar-refractivity contribution in [3.8, 4) is 11.5 Å². The molecule has 2 unspecified atom stereocenters. The summed E-state index contributed by atoms with van der Waals surface area (Å²) in [7, 11) is 0. The van der Waals surface area contributed by atoms with Gasteiger partial charge in [-0.2, -0.15) is 0 Å². The molecule has 4 aromatic carbocycles. The van der Waals surface area contributed by atoms with Gasteiger partial charge in [0.05, 0.1) is 0 Å². The molecule has 0 aromatic heterocycles. The lowest BCUT2D eigenvalue weighted by molar-refractivity contribution is 0.156. The van der Waals surface area contributed by atoms with Gasteiger partial charge >= 0.3 is 0 Å². The third-order valence-electron chi connectivity index (χ3n) is 6.29. The van der Waals surface area contributed by atoms with Gasteiger partial charge in [-0.25, -0.2) is 4.39 Å². The molecule has 0 N–H and O–H groups in total. The summed E-state index contributed by atoms with van der Waals surface area (Å²) in [5, 5.41) is 2.27. The summed E-state index contributed by atoms with van der Waals surface area (Å²) in [5.74, 6) is 1.35. The first-order valence-electron chi connectivity index (χ1n) is 10.6. The molecule has 2 aliphatic heterocycles. The van der Waals surface area contributed by atoms with Crippen LogP contribution in [-0.2, 0) is 12.0 Å². The van der Waals surface area contributed by atoms with E-state index in [2.05, 4.69) is 37.3 Å². The number of rotatable bonds is 2. The lowest BCUT2D eigenvalue weighted by Gasteiger charge is -2.36. The highest BCUT2D eigenvalue weighted by atomic mass is 19.1. The topological polar surface area (TPSA) is 18.5 Å². The predicted molar refractivity (Wildman–Crippen MR) is 121 cm³/mol. The van der Waals surface area contributed by atoms with E-state index in [1.54, 1.807) is 12.1 Å². The first-order chi connectivity index (χ1) is 15.1. The molecular weight excluding hydrogens is 387 g/mol. The predicted octanol–water partition coefficient (Wildman–Crippen LogP) is 6.65. The van der Waals surface area contributed by atoms with Crippen molar-refractivity contribution in [2.45, 2.75) is 25.0 Å². The molecule has 0 amide bonds. The maximum Gasteiger partial charge on any atom is 0.180 e. The van der Waals surface area contributed by atoms with Gasteiger partial charge in [0.2, 0.25) is 0 Å². The van der Waals surface area contributed by atoms with E-state index < -0.39 is 5.60 Å². The second-order valence-corrected chi connectivity index (χ2v) is 8.30. The molecular formula is C28H21FO2. The first kappa shape index (κ1) is 18.2. The van der Waals surface area contributed by atoms with E-state index >= 15 is 4.39 Å². The summed E-state index contributed by atoms with van der Waals surface area (Å²) >= 11 is 0. The molecule has 0 spiro atoms. The van der Waals surface area contributed by atoms with Gasteiger partial charge in [0.25, 0.3) is 0 Å². The monoisotopic (exact) mass is 408 g/mol. The summed E-state index contributed by atoms with van der Waals surface area (Å²) < 4.78 is 27.7. The highest BCUT2D eigenvalue weighted by Crippen LogP contribution is 2.46. The van der Waals surface area contributed by atoms with Gasteiger partial charge in [0.1, 0.15) is 23.4 Å². The van der Waals surface area contributed by atoms with Crippen LogP contribution in [0.2, 0.25) is 0 Å². The van der Waals surface area contributed by atoms with Crippen LogP contribution in [0.15, 0.2) is 84.9 Å². The molecule has 152 valence electrons. The van der Waals surface area contributed by atoms with E-state index in [-0.39, 0.29) is 11.9 Å². The minimum absolute atomic E-state index is 0.143. The fraction of sp³-hybridized carbons (Fsp3) is 0.143. The van der Waals surface area contributed by atoms with E-state index in [1.165, 1.54) is 6.07 Å². The SMILES string of the molecule is CC1Cc2cc(C3(c4ccccc4F)C=Cc4c(ccc5ccccc45)O3)ccc2O1. The highest BCUT2D eigenvalue weighted by Gasteiger charge is 2.40. The molecule has 0 saturated heterocycles. The second kappa shape index (κ2) is 6.71. The number of ether oxygens (including phenoxy) is 2. The molecule has 2 atom stereocenters. The van der Waals surface area contributed by atoms with Crippen molar-refractivity contribution < 1.29 is 13.9 Å². The van der Waals surface area contributed by atoms with Crippen LogP contribution < -0.4 is 9.47 Å². The fourth-order valence-corrected chi connectivity index (χ4v) is 4.82. The summed E-state index contributed by atoms with van der Waals surface area (Å²) in [6.45, 7) is 2.06.